The monoisotopic (exact) mass is 203 g/mol. The second-order valence-corrected chi connectivity index (χ2v) is 3.07. The Labute approximate surface area is 90.9 Å². The van der Waals surface area contributed by atoms with Gasteiger partial charge in [0.2, 0.25) is 0 Å². The van der Waals surface area contributed by atoms with E-state index in [0.717, 1.165) is 16.7 Å². The van der Waals surface area contributed by atoms with E-state index in [1.54, 1.807) is 7.11 Å². The quantitative estimate of drug-likeness (QED) is 0.706. The normalized spacial score (nSPS) is 9.33. The first-order valence-electron chi connectivity index (χ1n) is 5.20. The number of hydrogen-bond acceptors (Lipinski definition) is 2. The Bertz CT molecular complexity index is 437. The average molecular weight is 203 g/mol. The van der Waals surface area contributed by atoms with Crippen molar-refractivity contribution in [2.45, 2.75) is 20.8 Å². The highest BCUT2D eigenvalue weighted by molar-refractivity contribution is 5.80. The van der Waals surface area contributed by atoms with Crippen LogP contribution in [0.3, 0.4) is 0 Å². The molecule has 15 heavy (non-hydrogen) atoms. The molecule has 1 heterocycles. The SMILES string of the molecule is CC.COc1ccc2cc(C)cnc2c1. The van der Waals surface area contributed by atoms with Gasteiger partial charge in [0.05, 0.1) is 12.6 Å². The largest absolute Gasteiger partial charge is 0.497 e. The summed E-state index contributed by atoms with van der Waals surface area (Å²) in [7, 11) is 1.66. The molecule has 0 aliphatic heterocycles. The smallest absolute Gasteiger partial charge is 0.121 e. The molecule has 0 unspecified atom stereocenters. The highest BCUT2D eigenvalue weighted by atomic mass is 16.5. The summed E-state index contributed by atoms with van der Waals surface area (Å²) in [4.78, 5) is 4.31. The molecule has 0 amide bonds. The minimum Gasteiger partial charge on any atom is -0.497 e. The number of pyridine rings is 1. The van der Waals surface area contributed by atoms with Gasteiger partial charge >= 0.3 is 0 Å². The molecule has 1 aromatic carbocycles. The van der Waals surface area contributed by atoms with Crippen LogP contribution >= 0.6 is 0 Å². The number of benzene rings is 1. The van der Waals surface area contributed by atoms with E-state index in [0.29, 0.717) is 0 Å². The summed E-state index contributed by atoms with van der Waals surface area (Å²) in [5.41, 5.74) is 2.16. The fourth-order valence-electron chi connectivity index (χ4n) is 1.34. The average Bonchev–Trinajstić information content (AvgIpc) is 2.31. The topological polar surface area (TPSA) is 22.1 Å². The fraction of sp³-hybridized carbons (Fsp3) is 0.308. The van der Waals surface area contributed by atoms with E-state index in [1.165, 1.54) is 5.56 Å². The maximum absolute atomic E-state index is 5.11. The minimum absolute atomic E-state index is 0.851. The van der Waals surface area contributed by atoms with Crippen LogP contribution in [0.1, 0.15) is 19.4 Å². The van der Waals surface area contributed by atoms with E-state index < -0.39 is 0 Å². The van der Waals surface area contributed by atoms with Gasteiger partial charge in [-0.2, -0.15) is 0 Å². The Kier molecular flexibility index (Phi) is 4.10. The second-order valence-electron chi connectivity index (χ2n) is 3.07. The summed E-state index contributed by atoms with van der Waals surface area (Å²) in [5, 5.41) is 1.15. The molecule has 1 aromatic heterocycles. The molecular weight excluding hydrogens is 186 g/mol. The lowest BCUT2D eigenvalue weighted by atomic mass is 10.2. The van der Waals surface area contributed by atoms with Crippen molar-refractivity contribution in [3.8, 4) is 5.75 Å². The second kappa shape index (κ2) is 5.35. The number of fused-ring (bicyclic) bond motifs is 1. The van der Waals surface area contributed by atoms with Crippen molar-refractivity contribution in [3.05, 3.63) is 36.0 Å². The zero-order valence-corrected chi connectivity index (χ0v) is 9.74. The van der Waals surface area contributed by atoms with Crippen LogP contribution in [0.15, 0.2) is 30.5 Å². The molecule has 0 radical (unpaired) electrons. The summed E-state index contributed by atoms with van der Waals surface area (Å²) in [6, 6.07) is 8.02. The van der Waals surface area contributed by atoms with Gasteiger partial charge in [0.15, 0.2) is 0 Å². The summed E-state index contributed by atoms with van der Waals surface area (Å²) >= 11 is 0. The molecule has 0 saturated heterocycles. The van der Waals surface area contributed by atoms with Crippen LogP contribution in [-0.4, -0.2) is 12.1 Å². The zero-order chi connectivity index (χ0) is 11.3. The van der Waals surface area contributed by atoms with Crippen molar-refractivity contribution in [2.24, 2.45) is 0 Å². The van der Waals surface area contributed by atoms with Gasteiger partial charge in [-0.05, 0) is 30.7 Å². The molecule has 0 spiro atoms. The van der Waals surface area contributed by atoms with Crippen LogP contribution in [-0.2, 0) is 0 Å². The van der Waals surface area contributed by atoms with Crippen molar-refractivity contribution < 1.29 is 4.74 Å². The number of methoxy groups -OCH3 is 1. The molecule has 2 rings (SSSR count). The lowest BCUT2D eigenvalue weighted by Crippen LogP contribution is -1.84. The summed E-state index contributed by atoms with van der Waals surface area (Å²) in [5.74, 6) is 0.851. The third kappa shape index (κ3) is 2.69. The molecule has 0 fully saturated rings. The molecule has 0 N–H and O–H groups in total. The number of rotatable bonds is 1. The van der Waals surface area contributed by atoms with Gasteiger partial charge in [0.1, 0.15) is 5.75 Å². The van der Waals surface area contributed by atoms with Crippen molar-refractivity contribution >= 4 is 10.9 Å². The van der Waals surface area contributed by atoms with Gasteiger partial charge in [-0.1, -0.05) is 13.8 Å². The fourth-order valence-corrected chi connectivity index (χ4v) is 1.34. The Hall–Kier alpha value is -1.57. The van der Waals surface area contributed by atoms with Gasteiger partial charge in [-0.15, -0.1) is 0 Å². The summed E-state index contributed by atoms with van der Waals surface area (Å²) in [6.07, 6.45) is 1.86. The van der Waals surface area contributed by atoms with Gasteiger partial charge in [0.25, 0.3) is 0 Å². The number of ether oxygens (including phenoxy) is 1. The number of aromatic nitrogens is 1. The third-order valence-electron chi connectivity index (χ3n) is 2.03. The van der Waals surface area contributed by atoms with E-state index in [2.05, 4.69) is 11.1 Å². The van der Waals surface area contributed by atoms with Crippen LogP contribution in [0.4, 0.5) is 0 Å². The maximum Gasteiger partial charge on any atom is 0.121 e. The van der Waals surface area contributed by atoms with Gasteiger partial charge in [-0.3, -0.25) is 4.98 Å². The Morgan fingerprint density at radius 2 is 1.87 bits per heavy atom. The van der Waals surface area contributed by atoms with E-state index in [-0.39, 0.29) is 0 Å². The van der Waals surface area contributed by atoms with Crippen LogP contribution < -0.4 is 4.74 Å². The number of aryl methyl sites for hydroxylation is 1. The predicted octanol–water partition coefficient (Wildman–Crippen LogP) is 3.58. The van der Waals surface area contributed by atoms with Gasteiger partial charge in [-0.25, -0.2) is 0 Å². The first kappa shape index (κ1) is 11.5. The molecule has 2 aromatic rings. The summed E-state index contributed by atoms with van der Waals surface area (Å²) < 4.78 is 5.11. The number of hydrogen-bond donors (Lipinski definition) is 0. The third-order valence-corrected chi connectivity index (χ3v) is 2.03. The standard InChI is InChI=1S/C11H11NO.C2H6/c1-8-5-9-3-4-10(13-2)6-11(9)12-7-8;1-2/h3-7H,1-2H3;1-2H3. The van der Waals surface area contributed by atoms with Crippen molar-refractivity contribution in [1.82, 2.24) is 4.98 Å². The molecule has 2 nitrogen and oxygen atoms in total. The lowest BCUT2D eigenvalue weighted by Gasteiger charge is -2.01. The Morgan fingerprint density at radius 1 is 1.13 bits per heavy atom. The molecular formula is C13H17NO. The van der Waals surface area contributed by atoms with Crippen molar-refractivity contribution in [1.29, 1.82) is 0 Å². The molecule has 0 aliphatic carbocycles. The first-order chi connectivity index (χ1) is 7.29. The van der Waals surface area contributed by atoms with Crippen LogP contribution in [0.2, 0.25) is 0 Å². The van der Waals surface area contributed by atoms with Crippen molar-refractivity contribution in [3.63, 3.8) is 0 Å². The molecule has 2 heteroatoms. The van der Waals surface area contributed by atoms with Gasteiger partial charge < -0.3 is 4.74 Å². The molecule has 0 saturated carbocycles. The zero-order valence-electron chi connectivity index (χ0n) is 9.74. The van der Waals surface area contributed by atoms with Crippen LogP contribution in [0.5, 0.6) is 5.75 Å². The molecule has 0 aliphatic rings. The van der Waals surface area contributed by atoms with E-state index >= 15 is 0 Å². The van der Waals surface area contributed by atoms with Gasteiger partial charge in [0, 0.05) is 17.6 Å². The van der Waals surface area contributed by atoms with E-state index in [9.17, 15) is 0 Å². The lowest BCUT2D eigenvalue weighted by molar-refractivity contribution is 0.415. The molecule has 0 atom stereocenters. The first-order valence-corrected chi connectivity index (χ1v) is 5.20. The van der Waals surface area contributed by atoms with Crippen LogP contribution in [0, 0.1) is 6.92 Å². The molecule has 80 valence electrons. The Morgan fingerprint density at radius 3 is 2.53 bits per heavy atom. The molecule has 0 bridgehead atoms. The highest BCUT2D eigenvalue weighted by Gasteiger charge is 1.96. The maximum atomic E-state index is 5.11. The summed E-state index contributed by atoms with van der Waals surface area (Å²) in [6.45, 7) is 6.04. The minimum atomic E-state index is 0.851. The van der Waals surface area contributed by atoms with E-state index in [1.807, 2.05) is 45.2 Å². The number of nitrogens with zero attached hydrogens (tertiary/aromatic N) is 1. The highest BCUT2D eigenvalue weighted by Crippen LogP contribution is 2.19. The van der Waals surface area contributed by atoms with Crippen LogP contribution in [0.25, 0.3) is 10.9 Å². The predicted molar refractivity (Wildman–Crippen MR) is 64.4 cm³/mol. The van der Waals surface area contributed by atoms with Crippen molar-refractivity contribution in [2.75, 3.05) is 7.11 Å². The van der Waals surface area contributed by atoms with E-state index in [4.69, 9.17) is 4.74 Å². The Balaban J connectivity index is 0.000000531.